The number of imidazole rings is 1. The van der Waals surface area contributed by atoms with Crippen molar-refractivity contribution < 1.29 is 14.7 Å². The lowest BCUT2D eigenvalue weighted by molar-refractivity contribution is -0.133. The average molecular weight is 299 g/mol. The van der Waals surface area contributed by atoms with E-state index in [0.29, 0.717) is 17.6 Å². The molecule has 112 valence electrons. The summed E-state index contributed by atoms with van der Waals surface area (Å²) >= 11 is 1.13. The van der Waals surface area contributed by atoms with Crippen molar-refractivity contribution in [2.24, 2.45) is 5.92 Å². The summed E-state index contributed by atoms with van der Waals surface area (Å²) in [5.74, 6) is -0.642. The molecular weight excluding hydrogens is 278 g/mol. The maximum Gasteiger partial charge on any atom is 0.313 e. The summed E-state index contributed by atoms with van der Waals surface area (Å²) in [6.07, 6.45) is 2.44. The molecule has 0 bridgehead atoms. The Morgan fingerprint density at radius 2 is 2.20 bits per heavy atom. The first-order valence-corrected chi connectivity index (χ1v) is 7.58. The lowest BCUT2D eigenvalue weighted by Gasteiger charge is -2.12. The molecule has 2 N–H and O–H groups in total. The summed E-state index contributed by atoms with van der Waals surface area (Å²) in [4.78, 5) is 26.7. The minimum absolute atomic E-state index is 0.0617. The predicted molar refractivity (Wildman–Crippen MR) is 77.8 cm³/mol. The zero-order valence-corrected chi connectivity index (χ0v) is 12.9. The fourth-order valence-electron chi connectivity index (χ4n) is 1.60. The highest BCUT2D eigenvalue weighted by Crippen LogP contribution is 2.18. The van der Waals surface area contributed by atoms with Gasteiger partial charge in [0.15, 0.2) is 5.16 Å². The molecule has 1 rings (SSSR count). The van der Waals surface area contributed by atoms with Crippen LogP contribution in [0.25, 0.3) is 0 Å². The van der Waals surface area contributed by atoms with Gasteiger partial charge in [-0.1, -0.05) is 32.5 Å². The molecule has 1 amide bonds. The molecule has 7 heteroatoms. The van der Waals surface area contributed by atoms with Crippen molar-refractivity contribution in [1.29, 1.82) is 0 Å². The van der Waals surface area contributed by atoms with Gasteiger partial charge in [0, 0.05) is 18.4 Å². The van der Waals surface area contributed by atoms with Crippen LogP contribution in [0.3, 0.4) is 0 Å². The summed E-state index contributed by atoms with van der Waals surface area (Å²) in [7, 11) is 0. The number of thioether (sulfide) groups is 1. The van der Waals surface area contributed by atoms with Crippen molar-refractivity contribution in [3.8, 4) is 0 Å². The van der Waals surface area contributed by atoms with E-state index >= 15 is 0 Å². The van der Waals surface area contributed by atoms with Crippen LogP contribution in [0.4, 0.5) is 0 Å². The fraction of sp³-hybridized carbons (Fsp3) is 0.615. The Morgan fingerprint density at radius 1 is 1.50 bits per heavy atom. The van der Waals surface area contributed by atoms with Crippen LogP contribution in [0.1, 0.15) is 26.5 Å². The molecule has 0 saturated carbocycles. The number of aromatic nitrogens is 2. The lowest BCUT2D eigenvalue weighted by atomic mass is 10.2. The number of hydrogen-bond acceptors (Lipinski definition) is 4. The Balaban J connectivity index is 2.72. The maximum absolute atomic E-state index is 11.9. The number of hydrogen-bond donors (Lipinski definition) is 2. The van der Waals surface area contributed by atoms with Gasteiger partial charge in [0.2, 0.25) is 5.91 Å². The number of aliphatic carboxylic acids is 1. The van der Waals surface area contributed by atoms with Crippen LogP contribution in [0, 0.1) is 5.92 Å². The number of carboxylic acid groups (broad SMARTS) is 1. The van der Waals surface area contributed by atoms with Gasteiger partial charge in [0.25, 0.3) is 0 Å². The van der Waals surface area contributed by atoms with Crippen molar-refractivity contribution >= 4 is 23.6 Å². The quantitative estimate of drug-likeness (QED) is 0.709. The van der Waals surface area contributed by atoms with Gasteiger partial charge in [-0.3, -0.25) is 9.59 Å². The van der Waals surface area contributed by atoms with Crippen LogP contribution in [0.15, 0.2) is 11.4 Å². The van der Waals surface area contributed by atoms with Crippen LogP contribution in [0.2, 0.25) is 0 Å². The molecule has 6 nitrogen and oxygen atoms in total. The third-order valence-electron chi connectivity index (χ3n) is 2.60. The van der Waals surface area contributed by atoms with Gasteiger partial charge in [-0.2, -0.15) is 0 Å². The van der Waals surface area contributed by atoms with E-state index in [1.54, 1.807) is 10.8 Å². The number of amides is 1. The highest BCUT2D eigenvalue weighted by atomic mass is 32.2. The molecule has 1 heterocycles. The first kappa shape index (κ1) is 16.6. The molecule has 1 aromatic heterocycles. The SMILES string of the molecule is CCc1cnc(SCC(=O)O)n1CC(=O)NCC(C)C. The number of carbonyl (C=O) groups excluding carboxylic acids is 1. The second-order valence-electron chi connectivity index (χ2n) is 4.85. The van der Waals surface area contributed by atoms with Crippen LogP contribution < -0.4 is 5.32 Å². The van der Waals surface area contributed by atoms with Gasteiger partial charge >= 0.3 is 5.97 Å². The molecular formula is C13H21N3O3S. The normalized spacial score (nSPS) is 10.8. The van der Waals surface area contributed by atoms with Crippen molar-refractivity contribution in [3.05, 3.63) is 11.9 Å². The number of nitrogens with zero attached hydrogens (tertiary/aromatic N) is 2. The monoisotopic (exact) mass is 299 g/mol. The highest BCUT2D eigenvalue weighted by molar-refractivity contribution is 7.99. The zero-order valence-electron chi connectivity index (χ0n) is 12.0. The largest absolute Gasteiger partial charge is 0.481 e. The van der Waals surface area contributed by atoms with Gasteiger partial charge in [0.05, 0.1) is 5.75 Å². The average Bonchev–Trinajstić information content (AvgIpc) is 2.76. The van der Waals surface area contributed by atoms with E-state index in [4.69, 9.17) is 5.11 Å². The Morgan fingerprint density at radius 3 is 2.75 bits per heavy atom. The van der Waals surface area contributed by atoms with Crippen LogP contribution in [0.5, 0.6) is 0 Å². The molecule has 0 aromatic carbocycles. The van der Waals surface area contributed by atoms with Gasteiger partial charge in [-0.25, -0.2) is 4.98 Å². The third kappa shape index (κ3) is 5.24. The van der Waals surface area contributed by atoms with Crippen LogP contribution in [-0.4, -0.2) is 38.8 Å². The summed E-state index contributed by atoms with van der Waals surface area (Å²) in [6, 6.07) is 0. The van der Waals surface area contributed by atoms with Crippen molar-refractivity contribution in [2.75, 3.05) is 12.3 Å². The molecule has 0 atom stereocenters. The van der Waals surface area contributed by atoms with E-state index < -0.39 is 5.97 Å². The minimum Gasteiger partial charge on any atom is -0.481 e. The molecule has 0 unspecified atom stereocenters. The number of aryl methyl sites for hydroxylation is 1. The second-order valence-corrected chi connectivity index (χ2v) is 5.79. The Bertz CT molecular complexity index is 471. The maximum atomic E-state index is 11.9. The smallest absolute Gasteiger partial charge is 0.313 e. The van der Waals surface area contributed by atoms with Crippen LogP contribution >= 0.6 is 11.8 Å². The summed E-state index contributed by atoms with van der Waals surface area (Å²) in [6.45, 7) is 6.85. The number of nitrogens with one attached hydrogen (secondary N) is 1. The second kappa shape index (κ2) is 7.94. The van der Waals surface area contributed by atoms with Crippen LogP contribution in [-0.2, 0) is 22.6 Å². The molecule has 0 aliphatic heterocycles. The number of carboxylic acids is 1. The molecule has 0 aliphatic rings. The molecule has 0 fully saturated rings. The fourth-order valence-corrected chi connectivity index (χ4v) is 2.32. The lowest BCUT2D eigenvalue weighted by Crippen LogP contribution is -2.31. The number of rotatable bonds is 8. The van der Waals surface area contributed by atoms with E-state index in [1.807, 2.05) is 20.8 Å². The topological polar surface area (TPSA) is 84.2 Å². The molecule has 0 spiro atoms. The highest BCUT2D eigenvalue weighted by Gasteiger charge is 2.14. The van der Waals surface area contributed by atoms with E-state index in [0.717, 1.165) is 23.9 Å². The minimum atomic E-state index is -0.896. The van der Waals surface area contributed by atoms with E-state index in [-0.39, 0.29) is 18.2 Å². The van der Waals surface area contributed by atoms with Gasteiger partial charge in [0.1, 0.15) is 6.54 Å². The van der Waals surface area contributed by atoms with E-state index in [9.17, 15) is 9.59 Å². The van der Waals surface area contributed by atoms with Crippen molar-refractivity contribution in [2.45, 2.75) is 38.9 Å². The number of carbonyl (C=O) groups is 2. The van der Waals surface area contributed by atoms with E-state index in [2.05, 4.69) is 10.3 Å². The third-order valence-corrected chi connectivity index (χ3v) is 3.57. The zero-order chi connectivity index (χ0) is 15.1. The molecule has 1 aromatic rings. The molecule has 20 heavy (non-hydrogen) atoms. The standard InChI is InChI=1S/C13H21N3O3S/c1-4-10-6-15-13(20-8-12(18)19)16(10)7-11(17)14-5-9(2)3/h6,9H,4-5,7-8H2,1-3H3,(H,14,17)(H,18,19). The molecule has 0 aliphatic carbocycles. The van der Waals surface area contributed by atoms with Crippen molar-refractivity contribution in [1.82, 2.24) is 14.9 Å². The van der Waals surface area contributed by atoms with Crippen molar-refractivity contribution in [3.63, 3.8) is 0 Å². The first-order valence-electron chi connectivity index (χ1n) is 6.59. The van der Waals surface area contributed by atoms with E-state index in [1.165, 1.54) is 0 Å². The Kier molecular flexibility index (Phi) is 6.57. The van der Waals surface area contributed by atoms with Gasteiger partial charge < -0.3 is 15.0 Å². The molecule has 0 saturated heterocycles. The predicted octanol–water partition coefficient (Wildman–Crippen LogP) is 1.39. The molecule has 0 radical (unpaired) electrons. The Hall–Kier alpha value is -1.50. The first-order chi connectivity index (χ1) is 9.43. The summed E-state index contributed by atoms with van der Waals surface area (Å²) < 4.78 is 1.78. The Labute approximate surface area is 123 Å². The summed E-state index contributed by atoms with van der Waals surface area (Å²) in [5, 5.41) is 12.1. The van der Waals surface area contributed by atoms with Gasteiger partial charge in [-0.15, -0.1) is 0 Å². The van der Waals surface area contributed by atoms with Gasteiger partial charge in [-0.05, 0) is 12.3 Å². The summed E-state index contributed by atoms with van der Waals surface area (Å²) in [5.41, 5.74) is 0.928.